The van der Waals surface area contributed by atoms with Crippen molar-refractivity contribution in [3.63, 3.8) is 0 Å². The van der Waals surface area contributed by atoms with Crippen LogP contribution in [0.2, 0.25) is 5.02 Å². The molecule has 0 atom stereocenters. The molecule has 0 amide bonds. The highest BCUT2D eigenvalue weighted by Crippen LogP contribution is 2.18. The van der Waals surface area contributed by atoms with E-state index in [0.717, 1.165) is 6.08 Å². The zero-order valence-corrected chi connectivity index (χ0v) is 10.3. The number of carboxylic acids is 1. The van der Waals surface area contributed by atoms with E-state index in [0.29, 0.717) is 16.1 Å². The Bertz CT molecular complexity index is 518. The van der Waals surface area contributed by atoms with Gasteiger partial charge in [-0.05, 0) is 17.7 Å². The molecule has 18 heavy (non-hydrogen) atoms. The SMILES string of the molecule is COC(=O)c1cc(Cl)ccc1/C=C/C=C/C(=O)O. The number of ether oxygens (including phenoxy) is 1. The van der Waals surface area contributed by atoms with Crippen molar-refractivity contribution in [2.75, 3.05) is 7.11 Å². The van der Waals surface area contributed by atoms with Crippen LogP contribution in [-0.4, -0.2) is 24.2 Å². The molecule has 0 radical (unpaired) electrons. The Labute approximate surface area is 109 Å². The first-order valence-corrected chi connectivity index (χ1v) is 5.38. The molecule has 0 aliphatic rings. The van der Waals surface area contributed by atoms with Crippen molar-refractivity contribution in [1.29, 1.82) is 0 Å². The molecule has 0 saturated carbocycles. The van der Waals surface area contributed by atoms with Crippen LogP contribution in [0.15, 0.2) is 36.4 Å². The third kappa shape index (κ3) is 4.07. The summed E-state index contributed by atoms with van der Waals surface area (Å²) in [4.78, 5) is 21.8. The van der Waals surface area contributed by atoms with Crippen molar-refractivity contribution in [3.8, 4) is 0 Å². The highest BCUT2D eigenvalue weighted by Gasteiger charge is 2.10. The summed E-state index contributed by atoms with van der Waals surface area (Å²) in [5, 5.41) is 8.84. The van der Waals surface area contributed by atoms with Crippen molar-refractivity contribution in [1.82, 2.24) is 0 Å². The standard InChI is InChI=1S/C13H11ClO4/c1-18-13(17)11-8-10(14)7-6-9(11)4-2-3-5-12(15)16/h2-8H,1H3,(H,15,16)/b4-2+,5-3+. The van der Waals surface area contributed by atoms with Crippen LogP contribution in [0, 0.1) is 0 Å². The van der Waals surface area contributed by atoms with Crippen molar-refractivity contribution in [2.45, 2.75) is 0 Å². The number of carbonyl (C=O) groups is 2. The van der Waals surface area contributed by atoms with Gasteiger partial charge in [0, 0.05) is 11.1 Å². The molecule has 1 aromatic carbocycles. The average Bonchev–Trinajstić information content (AvgIpc) is 2.34. The number of hydrogen-bond donors (Lipinski definition) is 1. The molecular weight excluding hydrogens is 256 g/mol. The van der Waals surface area contributed by atoms with E-state index in [1.807, 2.05) is 0 Å². The second-order valence-corrected chi connectivity index (χ2v) is 3.72. The predicted octanol–water partition coefficient (Wildman–Crippen LogP) is 2.78. The zero-order valence-electron chi connectivity index (χ0n) is 9.59. The van der Waals surface area contributed by atoms with E-state index >= 15 is 0 Å². The van der Waals surface area contributed by atoms with E-state index < -0.39 is 11.9 Å². The molecule has 0 heterocycles. The fourth-order valence-corrected chi connectivity index (χ4v) is 1.43. The number of esters is 1. The van der Waals surface area contributed by atoms with Gasteiger partial charge < -0.3 is 9.84 Å². The number of benzene rings is 1. The topological polar surface area (TPSA) is 63.6 Å². The molecule has 1 N–H and O–H groups in total. The third-order valence-corrected chi connectivity index (χ3v) is 2.28. The molecule has 0 bridgehead atoms. The fourth-order valence-electron chi connectivity index (χ4n) is 1.26. The van der Waals surface area contributed by atoms with Gasteiger partial charge in [-0.15, -0.1) is 0 Å². The van der Waals surface area contributed by atoms with Gasteiger partial charge >= 0.3 is 11.9 Å². The lowest BCUT2D eigenvalue weighted by Crippen LogP contribution is -2.03. The minimum Gasteiger partial charge on any atom is -0.478 e. The molecule has 0 unspecified atom stereocenters. The number of methoxy groups -OCH3 is 1. The van der Waals surface area contributed by atoms with Gasteiger partial charge in [0.05, 0.1) is 12.7 Å². The first-order chi connectivity index (χ1) is 8.54. The summed E-state index contributed by atoms with van der Waals surface area (Å²) in [6.07, 6.45) is 5.47. The monoisotopic (exact) mass is 266 g/mol. The Morgan fingerprint density at radius 2 is 2.06 bits per heavy atom. The lowest BCUT2D eigenvalue weighted by Gasteiger charge is -2.04. The summed E-state index contributed by atoms with van der Waals surface area (Å²) in [6.45, 7) is 0. The number of aliphatic carboxylic acids is 1. The maximum atomic E-state index is 11.5. The quantitative estimate of drug-likeness (QED) is 0.517. The second kappa shape index (κ2) is 6.61. The largest absolute Gasteiger partial charge is 0.478 e. The first-order valence-electron chi connectivity index (χ1n) is 5.00. The molecule has 1 aromatic rings. The normalized spacial score (nSPS) is 11.0. The first kappa shape index (κ1) is 14.0. The Kier molecular flexibility index (Phi) is 5.14. The number of rotatable bonds is 4. The lowest BCUT2D eigenvalue weighted by atomic mass is 10.1. The summed E-state index contributed by atoms with van der Waals surface area (Å²) in [5.41, 5.74) is 0.922. The molecule has 0 aromatic heterocycles. The maximum Gasteiger partial charge on any atom is 0.338 e. The van der Waals surface area contributed by atoms with Crippen LogP contribution >= 0.6 is 11.6 Å². The van der Waals surface area contributed by atoms with E-state index in [2.05, 4.69) is 4.74 Å². The molecule has 0 aliphatic heterocycles. The molecular formula is C13H11ClO4. The summed E-state index contributed by atoms with van der Waals surface area (Å²) < 4.78 is 4.63. The molecule has 94 valence electrons. The Morgan fingerprint density at radius 1 is 1.33 bits per heavy atom. The van der Waals surface area contributed by atoms with Crippen molar-refractivity contribution < 1.29 is 19.4 Å². The van der Waals surface area contributed by atoms with Crippen LogP contribution in [0.3, 0.4) is 0 Å². The Morgan fingerprint density at radius 3 is 2.67 bits per heavy atom. The zero-order chi connectivity index (χ0) is 13.5. The molecule has 4 nitrogen and oxygen atoms in total. The van der Waals surface area contributed by atoms with Crippen LogP contribution in [-0.2, 0) is 9.53 Å². The summed E-state index contributed by atoms with van der Waals surface area (Å²) in [5.74, 6) is -1.54. The lowest BCUT2D eigenvalue weighted by molar-refractivity contribution is -0.131. The molecule has 0 saturated heterocycles. The second-order valence-electron chi connectivity index (χ2n) is 3.28. The van der Waals surface area contributed by atoms with Crippen LogP contribution < -0.4 is 0 Å². The van der Waals surface area contributed by atoms with Crippen molar-refractivity contribution in [3.05, 3.63) is 52.6 Å². The van der Waals surface area contributed by atoms with Gasteiger partial charge in [-0.25, -0.2) is 9.59 Å². The van der Waals surface area contributed by atoms with Gasteiger partial charge in [0.1, 0.15) is 0 Å². The fraction of sp³-hybridized carbons (Fsp3) is 0.0769. The summed E-state index contributed by atoms with van der Waals surface area (Å²) in [6, 6.07) is 4.78. The molecule has 1 rings (SSSR count). The van der Waals surface area contributed by atoms with E-state index in [9.17, 15) is 9.59 Å². The number of carbonyl (C=O) groups excluding carboxylic acids is 1. The molecule has 0 aliphatic carbocycles. The maximum absolute atomic E-state index is 11.5. The highest BCUT2D eigenvalue weighted by molar-refractivity contribution is 6.31. The minimum atomic E-state index is -1.04. The predicted molar refractivity (Wildman–Crippen MR) is 68.6 cm³/mol. The molecule has 0 fully saturated rings. The number of carboxylic acid groups (broad SMARTS) is 1. The van der Waals surface area contributed by atoms with Gasteiger partial charge in [-0.3, -0.25) is 0 Å². The molecule has 0 spiro atoms. The van der Waals surface area contributed by atoms with Gasteiger partial charge in [-0.2, -0.15) is 0 Å². The van der Waals surface area contributed by atoms with E-state index in [1.165, 1.54) is 25.3 Å². The summed E-state index contributed by atoms with van der Waals surface area (Å²) >= 11 is 5.80. The number of allylic oxidation sites excluding steroid dienone is 2. The van der Waals surface area contributed by atoms with Gasteiger partial charge in [-0.1, -0.05) is 35.9 Å². The minimum absolute atomic E-state index is 0.324. The van der Waals surface area contributed by atoms with Crippen LogP contribution in [0.1, 0.15) is 15.9 Å². The van der Waals surface area contributed by atoms with Crippen molar-refractivity contribution >= 4 is 29.6 Å². The molecule has 5 heteroatoms. The van der Waals surface area contributed by atoms with Crippen LogP contribution in [0.4, 0.5) is 0 Å². The summed E-state index contributed by atoms with van der Waals surface area (Å²) in [7, 11) is 1.28. The van der Waals surface area contributed by atoms with Crippen molar-refractivity contribution in [2.24, 2.45) is 0 Å². The van der Waals surface area contributed by atoms with Gasteiger partial charge in [0.2, 0.25) is 0 Å². The van der Waals surface area contributed by atoms with Crippen LogP contribution in [0.5, 0.6) is 0 Å². The van der Waals surface area contributed by atoms with Crippen LogP contribution in [0.25, 0.3) is 6.08 Å². The highest BCUT2D eigenvalue weighted by atomic mass is 35.5. The Hall–Kier alpha value is -2.07. The third-order valence-electron chi connectivity index (χ3n) is 2.05. The number of halogens is 1. The Balaban J connectivity index is 3.01. The van der Waals surface area contributed by atoms with E-state index in [1.54, 1.807) is 18.2 Å². The van der Waals surface area contributed by atoms with Gasteiger partial charge in [0.15, 0.2) is 0 Å². The smallest absolute Gasteiger partial charge is 0.338 e. The van der Waals surface area contributed by atoms with E-state index in [4.69, 9.17) is 16.7 Å². The van der Waals surface area contributed by atoms with Gasteiger partial charge in [0.25, 0.3) is 0 Å². The van der Waals surface area contributed by atoms with E-state index in [-0.39, 0.29) is 0 Å². The average molecular weight is 267 g/mol. The number of hydrogen-bond acceptors (Lipinski definition) is 3.